The first-order chi connectivity index (χ1) is 14.7. The Kier molecular flexibility index (Phi) is 6.92. The molecule has 0 amide bonds. The number of aromatic nitrogens is 1. The van der Waals surface area contributed by atoms with Crippen LogP contribution in [0.2, 0.25) is 5.02 Å². The summed E-state index contributed by atoms with van der Waals surface area (Å²) in [5.74, 6) is 0.962. The van der Waals surface area contributed by atoms with Crippen LogP contribution in [0.5, 0.6) is 0 Å². The zero-order chi connectivity index (χ0) is 20.8. The van der Waals surface area contributed by atoms with Crippen LogP contribution in [-0.2, 0) is 16.7 Å². The minimum absolute atomic E-state index is 0.00780. The van der Waals surface area contributed by atoms with Gasteiger partial charge in [-0.25, -0.2) is 0 Å². The Balaban J connectivity index is 1.37. The van der Waals surface area contributed by atoms with Gasteiger partial charge in [0.1, 0.15) is 6.26 Å². The largest absolute Gasteiger partial charge is 0.381 e. The molecule has 4 rings (SSSR count). The summed E-state index contributed by atoms with van der Waals surface area (Å²) >= 11 is 6.30. The number of rotatable bonds is 5. The zero-order valence-electron chi connectivity index (χ0n) is 17.5. The summed E-state index contributed by atoms with van der Waals surface area (Å²) in [6, 6.07) is 10.2. The molecule has 162 valence electrons. The Bertz CT molecular complexity index is 828. The molecule has 1 N–H and O–H groups in total. The highest BCUT2D eigenvalue weighted by Crippen LogP contribution is 2.35. The molecule has 30 heavy (non-hydrogen) atoms. The second kappa shape index (κ2) is 9.81. The van der Waals surface area contributed by atoms with E-state index in [-0.39, 0.29) is 5.41 Å². The standard InChI is InChI=1S/C22H30ClN5O2/c1-24-21(28-10-8-27(9-11-28)16-20-5-12-30-26-20)25-17-22(6-13-29-14-7-22)18-3-2-4-19(23)15-18/h2-5,12,15H,6-11,13-14,16-17H2,1H3,(H,24,25). The van der Waals surface area contributed by atoms with E-state index >= 15 is 0 Å². The van der Waals surface area contributed by atoms with Gasteiger partial charge in [0.2, 0.25) is 0 Å². The van der Waals surface area contributed by atoms with Crippen LogP contribution in [0, 0.1) is 0 Å². The van der Waals surface area contributed by atoms with Gasteiger partial charge >= 0.3 is 0 Å². The maximum absolute atomic E-state index is 6.30. The first-order valence-electron chi connectivity index (χ1n) is 10.6. The van der Waals surface area contributed by atoms with Crippen molar-refractivity contribution in [2.75, 3.05) is 53.0 Å². The van der Waals surface area contributed by atoms with Crippen molar-refractivity contribution in [2.24, 2.45) is 4.99 Å². The molecule has 0 saturated carbocycles. The van der Waals surface area contributed by atoms with Gasteiger partial charge in [-0.15, -0.1) is 0 Å². The van der Waals surface area contributed by atoms with E-state index in [4.69, 9.17) is 20.9 Å². The smallest absolute Gasteiger partial charge is 0.193 e. The van der Waals surface area contributed by atoms with E-state index in [1.807, 2.05) is 25.2 Å². The average Bonchev–Trinajstić information content (AvgIpc) is 3.29. The summed E-state index contributed by atoms with van der Waals surface area (Å²) < 4.78 is 10.6. The summed E-state index contributed by atoms with van der Waals surface area (Å²) in [6.45, 7) is 7.01. The number of nitrogens with one attached hydrogen (secondary N) is 1. The van der Waals surface area contributed by atoms with Gasteiger partial charge in [0.15, 0.2) is 5.96 Å². The van der Waals surface area contributed by atoms with Gasteiger partial charge in [-0.05, 0) is 30.5 Å². The molecule has 0 bridgehead atoms. The number of hydrogen-bond donors (Lipinski definition) is 1. The minimum Gasteiger partial charge on any atom is -0.381 e. The molecule has 7 nitrogen and oxygen atoms in total. The topological polar surface area (TPSA) is 66.1 Å². The van der Waals surface area contributed by atoms with Crippen molar-refractivity contribution in [1.82, 2.24) is 20.3 Å². The molecule has 1 aromatic carbocycles. The first-order valence-corrected chi connectivity index (χ1v) is 11.0. The van der Waals surface area contributed by atoms with Crippen LogP contribution >= 0.6 is 11.6 Å². The average molecular weight is 432 g/mol. The third kappa shape index (κ3) is 4.96. The lowest BCUT2D eigenvalue weighted by Gasteiger charge is -2.40. The van der Waals surface area contributed by atoms with Gasteiger partial charge in [0.05, 0.1) is 5.69 Å². The van der Waals surface area contributed by atoms with Gasteiger partial charge in [-0.1, -0.05) is 28.9 Å². The minimum atomic E-state index is 0.00780. The Labute approximate surface area is 183 Å². The lowest BCUT2D eigenvalue weighted by Crippen LogP contribution is -2.54. The van der Waals surface area contributed by atoms with Crippen molar-refractivity contribution in [3.63, 3.8) is 0 Å². The van der Waals surface area contributed by atoms with E-state index in [2.05, 4.69) is 37.4 Å². The Morgan fingerprint density at radius 2 is 2.00 bits per heavy atom. The van der Waals surface area contributed by atoms with Gasteiger partial charge in [-0.3, -0.25) is 9.89 Å². The summed E-state index contributed by atoms with van der Waals surface area (Å²) in [7, 11) is 1.86. The highest BCUT2D eigenvalue weighted by molar-refractivity contribution is 6.30. The van der Waals surface area contributed by atoms with Crippen LogP contribution in [0.25, 0.3) is 0 Å². The number of ether oxygens (including phenoxy) is 1. The molecule has 0 unspecified atom stereocenters. The van der Waals surface area contributed by atoms with E-state index in [1.54, 1.807) is 6.26 Å². The van der Waals surface area contributed by atoms with Crippen LogP contribution in [-0.4, -0.2) is 73.9 Å². The number of benzene rings is 1. The fourth-order valence-electron chi connectivity index (χ4n) is 4.39. The van der Waals surface area contributed by atoms with Crippen molar-refractivity contribution in [1.29, 1.82) is 0 Å². The van der Waals surface area contributed by atoms with E-state index in [1.165, 1.54) is 5.56 Å². The monoisotopic (exact) mass is 431 g/mol. The lowest BCUT2D eigenvalue weighted by atomic mass is 9.74. The van der Waals surface area contributed by atoms with Crippen LogP contribution in [0.1, 0.15) is 24.1 Å². The molecule has 0 spiro atoms. The summed E-state index contributed by atoms with van der Waals surface area (Å²) in [5.41, 5.74) is 2.26. The number of guanidine groups is 1. The Morgan fingerprint density at radius 3 is 2.67 bits per heavy atom. The van der Waals surface area contributed by atoms with Crippen molar-refractivity contribution in [2.45, 2.75) is 24.8 Å². The third-order valence-electron chi connectivity index (χ3n) is 6.23. The zero-order valence-corrected chi connectivity index (χ0v) is 18.3. The molecule has 3 heterocycles. The summed E-state index contributed by atoms with van der Waals surface area (Å²) in [5, 5.41) is 8.46. The molecule has 0 atom stereocenters. The molecule has 2 aliphatic rings. The summed E-state index contributed by atoms with van der Waals surface area (Å²) in [4.78, 5) is 9.30. The molecular formula is C22H30ClN5O2. The molecule has 2 aromatic rings. The third-order valence-corrected chi connectivity index (χ3v) is 6.47. The van der Waals surface area contributed by atoms with Gasteiger partial charge in [0.25, 0.3) is 0 Å². The quantitative estimate of drug-likeness (QED) is 0.580. The summed E-state index contributed by atoms with van der Waals surface area (Å²) in [6.07, 6.45) is 3.58. The van der Waals surface area contributed by atoms with Crippen molar-refractivity contribution >= 4 is 17.6 Å². The van der Waals surface area contributed by atoms with Gasteiger partial charge in [0, 0.05) is 76.0 Å². The first kappa shape index (κ1) is 21.2. The second-order valence-corrected chi connectivity index (χ2v) is 8.49. The number of piperazine rings is 1. The Morgan fingerprint density at radius 1 is 1.20 bits per heavy atom. The van der Waals surface area contributed by atoms with Crippen LogP contribution in [0.3, 0.4) is 0 Å². The number of nitrogens with zero attached hydrogens (tertiary/aromatic N) is 4. The van der Waals surface area contributed by atoms with Crippen LogP contribution < -0.4 is 5.32 Å². The molecule has 0 radical (unpaired) electrons. The second-order valence-electron chi connectivity index (χ2n) is 8.06. The fourth-order valence-corrected chi connectivity index (χ4v) is 4.58. The lowest BCUT2D eigenvalue weighted by molar-refractivity contribution is 0.0510. The van der Waals surface area contributed by atoms with E-state index in [0.717, 1.165) is 82.0 Å². The van der Waals surface area contributed by atoms with E-state index in [9.17, 15) is 0 Å². The van der Waals surface area contributed by atoms with Crippen molar-refractivity contribution < 1.29 is 9.26 Å². The highest BCUT2D eigenvalue weighted by Gasteiger charge is 2.35. The molecule has 1 aromatic heterocycles. The molecule has 8 heteroatoms. The highest BCUT2D eigenvalue weighted by atomic mass is 35.5. The normalized spacial score (nSPS) is 20.3. The number of aliphatic imine (C=N–C) groups is 1. The molecular weight excluding hydrogens is 402 g/mol. The molecule has 2 fully saturated rings. The van der Waals surface area contributed by atoms with Crippen molar-refractivity contribution in [3.05, 3.63) is 52.9 Å². The Hall–Kier alpha value is -2.09. The number of hydrogen-bond acceptors (Lipinski definition) is 5. The predicted molar refractivity (Wildman–Crippen MR) is 118 cm³/mol. The van der Waals surface area contributed by atoms with Crippen LogP contribution in [0.15, 0.2) is 46.1 Å². The van der Waals surface area contributed by atoms with Gasteiger partial charge in [-0.2, -0.15) is 0 Å². The fraction of sp³-hybridized carbons (Fsp3) is 0.545. The maximum atomic E-state index is 6.30. The SMILES string of the molecule is CN=C(NCC1(c2cccc(Cl)c2)CCOCC1)N1CCN(Cc2ccon2)CC1. The van der Waals surface area contributed by atoms with E-state index in [0.29, 0.717) is 0 Å². The van der Waals surface area contributed by atoms with E-state index < -0.39 is 0 Å². The van der Waals surface area contributed by atoms with Crippen LogP contribution in [0.4, 0.5) is 0 Å². The molecule has 2 saturated heterocycles. The molecule has 2 aliphatic heterocycles. The van der Waals surface area contributed by atoms with Gasteiger partial charge < -0.3 is 19.5 Å². The van der Waals surface area contributed by atoms with Crippen molar-refractivity contribution in [3.8, 4) is 0 Å². The maximum Gasteiger partial charge on any atom is 0.193 e. The molecule has 0 aliphatic carbocycles. The predicted octanol–water partition coefficient (Wildman–Crippen LogP) is 2.77. The number of halogens is 1.